The van der Waals surface area contributed by atoms with Gasteiger partial charge in [-0.15, -0.1) is 0 Å². The molecule has 1 saturated heterocycles. The number of ether oxygens (including phenoxy) is 2. The number of hydrogen-bond donors (Lipinski definition) is 0. The summed E-state index contributed by atoms with van der Waals surface area (Å²) in [6, 6.07) is 15.1. The third-order valence-corrected chi connectivity index (χ3v) is 5.89. The van der Waals surface area contributed by atoms with Crippen molar-refractivity contribution in [1.82, 2.24) is 9.55 Å². The maximum atomic E-state index is 13.3. The lowest BCUT2D eigenvalue weighted by Crippen LogP contribution is -2.24. The number of aromatic nitrogens is 2. The monoisotopic (exact) mass is 396 g/mol. The Morgan fingerprint density at radius 1 is 1.18 bits per heavy atom. The molecule has 0 amide bonds. The number of nitrogens with zero attached hydrogens (tertiary/aromatic N) is 2. The predicted octanol–water partition coefficient (Wildman–Crippen LogP) is 4.45. The van der Waals surface area contributed by atoms with Crippen LogP contribution >= 0.6 is 11.8 Å². The summed E-state index contributed by atoms with van der Waals surface area (Å²) in [4.78, 5) is 18.1. The van der Waals surface area contributed by atoms with E-state index in [1.165, 1.54) is 6.42 Å². The first-order valence-corrected chi connectivity index (χ1v) is 10.7. The molecule has 0 saturated carbocycles. The predicted molar refractivity (Wildman–Crippen MR) is 113 cm³/mol. The lowest BCUT2D eigenvalue weighted by Gasteiger charge is -2.22. The Balaban J connectivity index is 1.73. The largest absolute Gasteiger partial charge is 0.494 e. The molecular weight excluding hydrogens is 372 g/mol. The molecule has 0 radical (unpaired) electrons. The summed E-state index contributed by atoms with van der Waals surface area (Å²) in [5, 5.41) is 1.32. The molecule has 1 aliphatic rings. The third-order valence-electron chi connectivity index (χ3n) is 4.82. The summed E-state index contributed by atoms with van der Waals surface area (Å²) in [5.74, 6) is 1.58. The Labute approximate surface area is 168 Å². The van der Waals surface area contributed by atoms with E-state index in [0.717, 1.165) is 42.2 Å². The maximum absolute atomic E-state index is 13.3. The Kier molecular flexibility index (Phi) is 5.98. The minimum Gasteiger partial charge on any atom is -0.494 e. The van der Waals surface area contributed by atoms with Crippen molar-refractivity contribution in [3.05, 3.63) is 58.9 Å². The molecule has 0 bridgehead atoms. The Morgan fingerprint density at radius 2 is 2.00 bits per heavy atom. The molecule has 3 aromatic rings. The van der Waals surface area contributed by atoms with Crippen LogP contribution in [0, 0.1) is 0 Å². The van der Waals surface area contributed by atoms with Gasteiger partial charge in [0.25, 0.3) is 5.56 Å². The molecule has 28 heavy (non-hydrogen) atoms. The van der Waals surface area contributed by atoms with Gasteiger partial charge in [0.1, 0.15) is 5.75 Å². The minimum atomic E-state index is -0.0539. The van der Waals surface area contributed by atoms with Crippen molar-refractivity contribution >= 4 is 22.7 Å². The third kappa shape index (κ3) is 4.08. The highest BCUT2D eigenvalue weighted by molar-refractivity contribution is 7.99. The van der Waals surface area contributed by atoms with E-state index < -0.39 is 0 Å². The number of fused-ring (bicyclic) bond motifs is 1. The van der Waals surface area contributed by atoms with Crippen LogP contribution in [0.1, 0.15) is 26.2 Å². The molecule has 2 aromatic carbocycles. The average Bonchev–Trinajstić information content (AvgIpc) is 2.74. The zero-order chi connectivity index (χ0) is 19.3. The van der Waals surface area contributed by atoms with Gasteiger partial charge in [-0.25, -0.2) is 4.98 Å². The standard InChI is InChI=1S/C22H24N2O3S/c1-2-26-17-12-10-16(11-13-17)24-21(25)19-8-3-4-9-20(19)23-22(24)28-15-18-7-5-6-14-27-18/h3-4,8-13,18H,2,5-7,14-15H2,1H3/t18-/m0/s1. The fourth-order valence-electron chi connectivity index (χ4n) is 3.40. The molecule has 0 N–H and O–H groups in total. The van der Waals surface area contributed by atoms with Gasteiger partial charge in [-0.3, -0.25) is 9.36 Å². The van der Waals surface area contributed by atoms with E-state index >= 15 is 0 Å². The molecule has 1 aliphatic heterocycles. The summed E-state index contributed by atoms with van der Waals surface area (Å²) < 4.78 is 13.1. The number of benzene rings is 2. The molecule has 1 atom stereocenters. The van der Waals surface area contributed by atoms with Crippen LogP contribution in [0.3, 0.4) is 0 Å². The van der Waals surface area contributed by atoms with Gasteiger partial charge in [0, 0.05) is 12.4 Å². The molecule has 0 aliphatic carbocycles. The lowest BCUT2D eigenvalue weighted by molar-refractivity contribution is 0.0315. The van der Waals surface area contributed by atoms with Crippen LogP contribution in [0.4, 0.5) is 0 Å². The van der Waals surface area contributed by atoms with Crippen molar-refractivity contribution < 1.29 is 9.47 Å². The van der Waals surface area contributed by atoms with E-state index in [1.807, 2.05) is 55.5 Å². The van der Waals surface area contributed by atoms with Crippen LogP contribution in [0.25, 0.3) is 16.6 Å². The van der Waals surface area contributed by atoms with Crippen molar-refractivity contribution in [1.29, 1.82) is 0 Å². The summed E-state index contributed by atoms with van der Waals surface area (Å²) in [5.41, 5.74) is 1.46. The van der Waals surface area contributed by atoms with Crippen molar-refractivity contribution in [3.63, 3.8) is 0 Å². The van der Waals surface area contributed by atoms with Gasteiger partial charge in [0.2, 0.25) is 0 Å². The lowest BCUT2D eigenvalue weighted by atomic mass is 10.1. The highest BCUT2D eigenvalue weighted by atomic mass is 32.2. The van der Waals surface area contributed by atoms with Crippen molar-refractivity contribution in [2.45, 2.75) is 37.4 Å². The van der Waals surface area contributed by atoms with E-state index in [2.05, 4.69) is 0 Å². The van der Waals surface area contributed by atoms with Gasteiger partial charge in [-0.2, -0.15) is 0 Å². The normalized spacial score (nSPS) is 17.0. The van der Waals surface area contributed by atoms with E-state index in [9.17, 15) is 4.79 Å². The number of rotatable bonds is 6. The fraction of sp³-hybridized carbons (Fsp3) is 0.364. The zero-order valence-electron chi connectivity index (χ0n) is 16.0. The Hall–Kier alpha value is -2.31. The van der Waals surface area contributed by atoms with Crippen molar-refractivity contribution in [3.8, 4) is 11.4 Å². The molecule has 4 rings (SSSR count). The van der Waals surface area contributed by atoms with Crippen LogP contribution in [-0.2, 0) is 4.74 Å². The van der Waals surface area contributed by atoms with Crippen LogP contribution in [0.15, 0.2) is 58.5 Å². The highest BCUT2D eigenvalue weighted by Crippen LogP contribution is 2.26. The second kappa shape index (κ2) is 8.80. The molecule has 6 heteroatoms. The Bertz CT molecular complexity index is 995. The molecule has 1 aromatic heterocycles. The average molecular weight is 397 g/mol. The molecule has 0 unspecified atom stereocenters. The van der Waals surface area contributed by atoms with Crippen molar-refractivity contribution in [2.24, 2.45) is 0 Å². The summed E-state index contributed by atoms with van der Waals surface area (Å²) >= 11 is 1.59. The quantitative estimate of drug-likeness (QED) is 0.455. The minimum absolute atomic E-state index is 0.0539. The van der Waals surface area contributed by atoms with Gasteiger partial charge in [-0.05, 0) is 62.6 Å². The summed E-state index contributed by atoms with van der Waals surface area (Å²) in [7, 11) is 0. The first kappa shape index (κ1) is 19.0. The van der Waals surface area contributed by atoms with Gasteiger partial charge in [0.15, 0.2) is 5.16 Å². The second-order valence-corrected chi connectivity index (χ2v) is 7.77. The van der Waals surface area contributed by atoms with E-state index in [4.69, 9.17) is 14.5 Å². The Morgan fingerprint density at radius 3 is 2.75 bits per heavy atom. The van der Waals surface area contributed by atoms with Crippen LogP contribution in [-0.4, -0.2) is 34.6 Å². The van der Waals surface area contributed by atoms with Crippen LogP contribution in [0.5, 0.6) is 5.75 Å². The first-order valence-electron chi connectivity index (χ1n) is 9.75. The van der Waals surface area contributed by atoms with E-state index in [1.54, 1.807) is 16.3 Å². The number of hydrogen-bond acceptors (Lipinski definition) is 5. The fourth-order valence-corrected chi connectivity index (χ4v) is 4.48. The zero-order valence-corrected chi connectivity index (χ0v) is 16.8. The second-order valence-electron chi connectivity index (χ2n) is 6.78. The van der Waals surface area contributed by atoms with E-state index in [-0.39, 0.29) is 11.7 Å². The van der Waals surface area contributed by atoms with Crippen LogP contribution in [0.2, 0.25) is 0 Å². The first-order chi connectivity index (χ1) is 13.8. The van der Waals surface area contributed by atoms with Gasteiger partial charge in [0.05, 0.1) is 29.3 Å². The van der Waals surface area contributed by atoms with Gasteiger partial charge < -0.3 is 9.47 Å². The smallest absolute Gasteiger partial charge is 0.266 e. The highest BCUT2D eigenvalue weighted by Gasteiger charge is 2.18. The molecule has 5 nitrogen and oxygen atoms in total. The SMILES string of the molecule is CCOc1ccc(-n2c(SC[C@@H]3CCCCO3)nc3ccccc3c2=O)cc1. The molecule has 1 fully saturated rings. The van der Waals surface area contributed by atoms with Gasteiger partial charge in [-0.1, -0.05) is 23.9 Å². The van der Waals surface area contributed by atoms with Crippen LogP contribution < -0.4 is 10.3 Å². The topological polar surface area (TPSA) is 53.4 Å². The van der Waals surface area contributed by atoms with Gasteiger partial charge >= 0.3 is 0 Å². The summed E-state index contributed by atoms with van der Waals surface area (Å²) in [6.45, 7) is 3.38. The molecule has 146 valence electrons. The molecule has 2 heterocycles. The van der Waals surface area contributed by atoms with E-state index in [0.29, 0.717) is 17.1 Å². The maximum Gasteiger partial charge on any atom is 0.266 e. The number of para-hydroxylation sites is 1. The molecular formula is C22H24N2O3S. The van der Waals surface area contributed by atoms with Crippen molar-refractivity contribution in [2.75, 3.05) is 19.0 Å². The number of thioether (sulfide) groups is 1. The molecule has 0 spiro atoms. The summed E-state index contributed by atoms with van der Waals surface area (Å²) in [6.07, 6.45) is 3.61.